The first-order chi connectivity index (χ1) is 14.7. The maximum atomic E-state index is 13.0. The van der Waals surface area contributed by atoms with Crippen LogP contribution < -0.4 is 4.90 Å². The monoisotopic (exact) mass is 412 g/mol. The molecule has 2 aliphatic rings. The van der Waals surface area contributed by atoms with Crippen LogP contribution in [0.25, 0.3) is 11.5 Å². The Kier molecular flexibility index (Phi) is 6.59. The van der Waals surface area contributed by atoms with Gasteiger partial charge in [-0.05, 0) is 39.0 Å². The molecule has 2 aliphatic heterocycles. The number of hydrogen-bond donors (Lipinski definition) is 0. The van der Waals surface area contributed by atoms with Crippen LogP contribution >= 0.6 is 0 Å². The van der Waals surface area contributed by atoms with Gasteiger partial charge in [0.2, 0.25) is 5.91 Å². The molecule has 0 spiro atoms. The van der Waals surface area contributed by atoms with E-state index in [4.69, 9.17) is 9.51 Å². The lowest BCUT2D eigenvalue weighted by atomic mass is 9.95. The first-order valence-electron chi connectivity index (χ1n) is 11.4. The third-order valence-corrected chi connectivity index (χ3v) is 6.12. The van der Waals surface area contributed by atoms with Gasteiger partial charge in [0.25, 0.3) is 5.89 Å². The Morgan fingerprint density at radius 1 is 1.10 bits per heavy atom. The van der Waals surface area contributed by atoms with Crippen LogP contribution in [0.15, 0.2) is 10.7 Å². The Balaban J connectivity index is 1.46. The van der Waals surface area contributed by atoms with Crippen LogP contribution in [0.2, 0.25) is 0 Å². The zero-order chi connectivity index (χ0) is 20.9. The summed E-state index contributed by atoms with van der Waals surface area (Å²) in [6, 6.07) is 0. The van der Waals surface area contributed by atoms with Crippen LogP contribution in [0.4, 0.5) is 5.82 Å². The average molecular weight is 413 g/mol. The van der Waals surface area contributed by atoms with E-state index in [-0.39, 0.29) is 5.92 Å². The minimum absolute atomic E-state index is 0.116. The molecule has 0 radical (unpaired) electrons. The topological polar surface area (TPSA) is 88.2 Å². The molecule has 0 unspecified atom stereocenters. The lowest BCUT2D eigenvalue weighted by Crippen LogP contribution is -2.43. The summed E-state index contributed by atoms with van der Waals surface area (Å²) in [4.78, 5) is 30.9. The molecule has 2 aromatic rings. The molecule has 2 aromatic heterocycles. The van der Waals surface area contributed by atoms with Crippen molar-refractivity contribution < 1.29 is 9.32 Å². The summed E-state index contributed by atoms with van der Waals surface area (Å²) in [5.74, 6) is 3.18. The van der Waals surface area contributed by atoms with Crippen molar-refractivity contribution in [3.05, 3.63) is 17.8 Å². The largest absolute Gasteiger partial charge is 0.356 e. The number of anilines is 1. The van der Waals surface area contributed by atoms with Crippen molar-refractivity contribution in [1.29, 1.82) is 0 Å². The number of rotatable bonds is 5. The molecule has 0 aromatic carbocycles. The number of carbonyl (C=O) groups is 1. The summed E-state index contributed by atoms with van der Waals surface area (Å²) >= 11 is 0. The fourth-order valence-electron chi connectivity index (χ4n) is 4.43. The minimum atomic E-state index is 0.116. The fourth-order valence-corrected chi connectivity index (χ4v) is 4.43. The van der Waals surface area contributed by atoms with Crippen molar-refractivity contribution >= 4 is 11.7 Å². The van der Waals surface area contributed by atoms with Gasteiger partial charge in [-0.15, -0.1) is 0 Å². The molecule has 8 nitrogen and oxygen atoms in total. The number of carbonyl (C=O) groups excluding carboxylic acids is 1. The minimum Gasteiger partial charge on any atom is -0.356 e. The van der Waals surface area contributed by atoms with Gasteiger partial charge in [0.05, 0.1) is 0 Å². The Labute approximate surface area is 178 Å². The summed E-state index contributed by atoms with van der Waals surface area (Å²) in [5, 5.41) is 4.08. The lowest BCUT2D eigenvalue weighted by molar-refractivity contribution is -0.136. The van der Waals surface area contributed by atoms with Crippen LogP contribution in [-0.4, -0.2) is 57.1 Å². The molecule has 0 saturated carbocycles. The first-order valence-corrected chi connectivity index (χ1v) is 11.4. The molecule has 0 atom stereocenters. The van der Waals surface area contributed by atoms with Gasteiger partial charge in [-0.1, -0.05) is 24.9 Å². The Bertz CT molecular complexity index is 851. The number of aryl methyl sites for hydroxylation is 2. The summed E-state index contributed by atoms with van der Waals surface area (Å²) in [6.07, 6.45) is 9.99. The molecular weight excluding hydrogens is 380 g/mol. The van der Waals surface area contributed by atoms with Crippen LogP contribution in [0.3, 0.4) is 0 Å². The molecule has 2 fully saturated rings. The summed E-state index contributed by atoms with van der Waals surface area (Å²) in [6.45, 7) is 7.41. The summed E-state index contributed by atoms with van der Waals surface area (Å²) in [5.41, 5.74) is 0.771. The van der Waals surface area contributed by atoms with Gasteiger partial charge in [0.15, 0.2) is 5.82 Å². The van der Waals surface area contributed by atoms with Crippen molar-refractivity contribution in [2.75, 3.05) is 31.1 Å². The van der Waals surface area contributed by atoms with Crippen molar-refractivity contribution in [3.8, 4) is 11.5 Å². The molecule has 4 heterocycles. The number of amides is 1. The Morgan fingerprint density at radius 3 is 2.53 bits per heavy atom. The van der Waals surface area contributed by atoms with Crippen molar-refractivity contribution in [1.82, 2.24) is 25.0 Å². The molecule has 30 heavy (non-hydrogen) atoms. The van der Waals surface area contributed by atoms with Gasteiger partial charge in [-0.25, -0.2) is 9.97 Å². The highest BCUT2D eigenvalue weighted by Crippen LogP contribution is 2.31. The second-order valence-corrected chi connectivity index (χ2v) is 8.42. The van der Waals surface area contributed by atoms with Gasteiger partial charge in [0.1, 0.15) is 17.2 Å². The average Bonchev–Trinajstić information content (AvgIpc) is 3.06. The van der Waals surface area contributed by atoms with Gasteiger partial charge in [0, 0.05) is 44.7 Å². The van der Waals surface area contributed by atoms with Gasteiger partial charge in [-0.3, -0.25) is 4.79 Å². The SMILES string of the molecule is CCCc1noc(-c2cnc(C)nc2N2CCC(C(=O)N3CCCCCC3)CC2)n1. The molecule has 8 heteroatoms. The molecule has 0 aliphatic carbocycles. The Hall–Kier alpha value is -2.51. The molecule has 2 saturated heterocycles. The van der Waals surface area contributed by atoms with Gasteiger partial charge in [-0.2, -0.15) is 4.98 Å². The summed E-state index contributed by atoms with van der Waals surface area (Å²) < 4.78 is 5.50. The highest BCUT2D eigenvalue weighted by molar-refractivity contribution is 5.79. The molecule has 0 bridgehead atoms. The van der Waals surface area contributed by atoms with Gasteiger partial charge >= 0.3 is 0 Å². The van der Waals surface area contributed by atoms with Gasteiger partial charge < -0.3 is 14.3 Å². The van der Waals surface area contributed by atoms with Crippen molar-refractivity contribution in [2.24, 2.45) is 5.92 Å². The molecule has 162 valence electrons. The maximum absolute atomic E-state index is 13.0. The number of piperidine rings is 1. The van der Waals surface area contributed by atoms with E-state index in [1.165, 1.54) is 12.8 Å². The van der Waals surface area contributed by atoms with Crippen molar-refractivity contribution in [3.63, 3.8) is 0 Å². The zero-order valence-electron chi connectivity index (χ0n) is 18.1. The van der Waals surface area contributed by atoms with E-state index < -0.39 is 0 Å². The highest BCUT2D eigenvalue weighted by atomic mass is 16.5. The number of aromatic nitrogens is 4. The smallest absolute Gasteiger partial charge is 0.263 e. The number of hydrogen-bond acceptors (Lipinski definition) is 7. The summed E-state index contributed by atoms with van der Waals surface area (Å²) in [7, 11) is 0. The van der Waals surface area contributed by atoms with E-state index in [1.54, 1.807) is 6.20 Å². The third-order valence-electron chi connectivity index (χ3n) is 6.12. The van der Waals surface area contributed by atoms with Crippen molar-refractivity contribution in [2.45, 2.75) is 65.2 Å². The molecular formula is C22H32N6O2. The second kappa shape index (κ2) is 9.53. The number of likely N-dealkylation sites (tertiary alicyclic amines) is 1. The zero-order valence-corrected chi connectivity index (χ0v) is 18.1. The Morgan fingerprint density at radius 2 is 1.83 bits per heavy atom. The van der Waals surface area contributed by atoms with Crippen LogP contribution in [0, 0.1) is 12.8 Å². The molecule has 0 N–H and O–H groups in total. The standard InChI is InChI=1S/C22H32N6O2/c1-3-8-19-25-21(30-26-19)18-15-23-16(2)24-20(18)27-13-9-17(10-14-27)22(29)28-11-6-4-5-7-12-28/h15,17H,3-14H2,1-2H3. The molecule has 4 rings (SSSR count). The van der Waals surface area contributed by atoms with E-state index in [2.05, 4.69) is 31.8 Å². The number of nitrogens with zero attached hydrogens (tertiary/aromatic N) is 6. The second-order valence-electron chi connectivity index (χ2n) is 8.42. The third kappa shape index (κ3) is 4.63. The maximum Gasteiger partial charge on any atom is 0.263 e. The van der Waals surface area contributed by atoms with E-state index in [9.17, 15) is 4.79 Å². The van der Waals surface area contributed by atoms with Crippen LogP contribution in [0.5, 0.6) is 0 Å². The fraction of sp³-hybridized carbons (Fsp3) is 0.682. The normalized spacial score (nSPS) is 18.5. The van der Waals surface area contributed by atoms with E-state index in [0.29, 0.717) is 23.4 Å². The molecule has 1 amide bonds. The van der Waals surface area contributed by atoms with Crippen LogP contribution in [-0.2, 0) is 11.2 Å². The van der Waals surface area contributed by atoms with E-state index >= 15 is 0 Å². The highest BCUT2D eigenvalue weighted by Gasteiger charge is 2.31. The first kappa shape index (κ1) is 20.8. The van der Waals surface area contributed by atoms with Crippen LogP contribution in [0.1, 0.15) is 63.5 Å². The predicted molar refractivity (Wildman–Crippen MR) is 114 cm³/mol. The lowest BCUT2D eigenvalue weighted by Gasteiger charge is -2.35. The quantitative estimate of drug-likeness (QED) is 0.743. The van der Waals surface area contributed by atoms with E-state index in [1.807, 2.05) is 6.92 Å². The predicted octanol–water partition coefficient (Wildman–Crippen LogP) is 3.41. The van der Waals surface area contributed by atoms with E-state index in [0.717, 1.165) is 76.1 Å².